The maximum absolute atomic E-state index is 16.3. The molecule has 5 rings (SSSR count). The summed E-state index contributed by atoms with van der Waals surface area (Å²) in [5.41, 5.74) is 5.05. The maximum atomic E-state index is 16.3. The Morgan fingerprint density at radius 3 is 2.32 bits per heavy atom. The van der Waals surface area contributed by atoms with Crippen molar-refractivity contribution in [3.05, 3.63) is 88.5 Å². The summed E-state index contributed by atoms with van der Waals surface area (Å²) in [6.07, 6.45) is 4.50. The van der Waals surface area contributed by atoms with Gasteiger partial charge in [0.25, 0.3) is 0 Å². The zero-order valence-corrected chi connectivity index (χ0v) is 17.5. The lowest BCUT2D eigenvalue weighted by Gasteiger charge is -2.30. The molecule has 0 radical (unpaired) electrons. The molecule has 2 aliphatic rings. The highest BCUT2D eigenvalue weighted by atomic mass is 19.1. The molecule has 0 spiro atoms. The molecule has 0 bridgehead atoms. The van der Waals surface area contributed by atoms with Crippen molar-refractivity contribution in [1.82, 2.24) is 4.98 Å². The van der Waals surface area contributed by atoms with Gasteiger partial charge >= 0.3 is 0 Å². The fourth-order valence-corrected chi connectivity index (χ4v) is 5.32. The summed E-state index contributed by atoms with van der Waals surface area (Å²) in [4.78, 5) is 5.02. The molecule has 1 N–H and O–H groups in total. The van der Waals surface area contributed by atoms with E-state index < -0.39 is 12.3 Å². The minimum Gasteiger partial charge on any atom is -0.388 e. The van der Waals surface area contributed by atoms with Crippen molar-refractivity contribution < 1.29 is 13.9 Å². The Bertz CT molecular complexity index is 1060. The monoisotopic (exact) mass is 419 g/mol. The van der Waals surface area contributed by atoms with Gasteiger partial charge in [0.05, 0.1) is 11.8 Å². The van der Waals surface area contributed by atoms with Crippen molar-refractivity contribution in [2.24, 2.45) is 0 Å². The number of alkyl halides is 1. The number of halogens is 2. The third-order valence-corrected chi connectivity index (χ3v) is 6.83. The highest BCUT2D eigenvalue weighted by Crippen LogP contribution is 2.48. The molecule has 0 saturated heterocycles. The molecule has 0 amide bonds. The Morgan fingerprint density at radius 1 is 0.903 bits per heavy atom. The molecule has 1 heterocycles. The molecular formula is C27H27F2NO. The first-order valence-electron chi connectivity index (χ1n) is 11.3. The predicted octanol–water partition coefficient (Wildman–Crippen LogP) is 6.97. The molecule has 160 valence electrons. The number of aliphatic hydroxyl groups excluding tert-OH is 1. The Morgan fingerprint density at radius 2 is 1.61 bits per heavy atom. The van der Waals surface area contributed by atoms with E-state index in [4.69, 9.17) is 4.98 Å². The average molecular weight is 420 g/mol. The van der Waals surface area contributed by atoms with E-state index >= 15 is 4.39 Å². The summed E-state index contributed by atoms with van der Waals surface area (Å²) < 4.78 is 30.0. The molecule has 4 heteroatoms. The number of aliphatic hydroxyl groups is 1. The number of aromatic nitrogens is 1. The Balaban J connectivity index is 1.82. The van der Waals surface area contributed by atoms with Gasteiger partial charge in [0.15, 0.2) is 6.17 Å². The lowest BCUT2D eigenvalue weighted by molar-refractivity contribution is 0.155. The summed E-state index contributed by atoms with van der Waals surface area (Å²) >= 11 is 0. The number of aryl methyl sites for hydroxylation is 1. The molecule has 2 aromatic carbocycles. The first-order chi connectivity index (χ1) is 15.1. The standard InChI is InChI=1S/C27H27F2NO/c28-20-15-13-17(14-16-20)23-24-21(11-6-12-22(24)31)30-27(19-9-4-5-10-19)25(23)26(29)18-7-2-1-3-8-18/h1-3,7-8,13-16,19,22,26,31H,4-6,9-12H2. The van der Waals surface area contributed by atoms with Gasteiger partial charge in [-0.2, -0.15) is 0 Å². The van der Waals surface area contributed by atoms with Crippen LogP contribution in [0.5, 0.6) is 0 Å². The van der Waals surface area contributed by atoms with Gasteiger partial charge in [0.2, 0.25) is 0 Å². The van der Waals surface area contributed by atoms with E-state index in [1.807, 2.05) is 18.2 Å². The van der Waals surface area contributed by atoms with Gasteiger partial charge in [0, 0.05) is 22.7 Å². The molecule has 3 aromatic rings. The van der Waals surface area contributed by atoms with E-state index in [1.54, 1.807) is 24.3 Å². The van der Waals surface area contributed by atoms with E-state index in [-0.39, 0.29) is 11.7 Å². The molecule has 1 fully saturated rings. The normalized spacial score (nSPS) is 19.9. The van der Waals surface area contributed by atoms with Crippen molar-refractivity contribution in [1.29, 1.82) is 0 Å². The van der Waals surface area contributed by atoms with Crippen molar-refractivity contribution >= 4 is 0 Å². The second-order valence-corrected chi connectivity index (χ2v) is 8.82. The smallest absolute Gasteiger partial charge is 0.153 e. The van der Waals surface area contributed by atoms with Crippen LogP contribution in [0.2, 0.25) is 0 Å². The Labute approximate surface area is 182 Å². The Kier molecular flexibility index (Phi) is 5.58. The lowest BCUT2D eigenvalue weighted by atomic mass is 9.80. The quantitative estimate of drug-likeness (QED) is 0.495. The number of benzene rings is 2. The zero-order chi connectivity index (χ0) is 21.4. The number of hydrogen-bond acceptors (Lipinski definition) is 2. The summed E-state index contributed by atoms with van der Waals surface area (Å²) in [7, 11) is 0. The van der Waals surface area contributed by atoms with Crippen LogP contribution in [0.3, 0.4) is 0 Å². The number of nitrogens with zero attached hydrogens (tertiary/aromatic N) is 1. The molecule has 2 unspecified atom stereocenters. The second kappa shape index (κ2) is 8.51. The third kappa shape index (κ3) is 3.78. The fraction of sp³-hybridized carbons (Fsp3) is 0.370. The van der Waals surface area contributed by atoms with Gasteiger partial charge in [-0.05, 0) is 60.9 Å². The van der Waals surface area contributed by atoms with Crippen LogP contribution in [0.4, 0.5) is 8.78 Å². The van der Waals surface area contributed by atoms with E-state index in [1.165, 1.54) is 12.1 Å². The highest BCUT2D eigenvalue weighted by molar-refractivity contribution is 5.75. The summed E-state index contributed by atoms with van der Waals surface area (Å²) in [5.74, 6) is -0.106. The van der Waals surface area contributed by atoms with E-state index in [0.717, 1.165) is 66.6 Å². The highest BCUT2D eigenvalue weighted by Gasteiger charge is 2.34. The first-order valence-corrected chi connectivity index (χ1v) is 11.3. The second-order valence-electron chi connectivity index (χ2n) is 8.82. The van der Waals surface area contributed by atoms with Crippen molar-refractivity contribution in [2.75, 3.05) is 0 Å². The van der Waals surface area contributed by atoms with Crippen LogP contribution in [0, 0.1) is 5.82 Å². The van der Waals surface area contributed by atoms with E-state index in [9.17, 15) is 9.50 Å². The number of hydrogen-bond donors (Lipinski definition) is 1. The van der Waals surface area contributed by atoms with Crippen molar-refractivity contribution in [3.8, 4) is 11.1 Å². The third-order valence-electron chi connectivity index (χ3n) is 6.83. The van der Waals surface area contributed by atoms with Gasteiger partial charge in [0.1, 0.15) is 5.82 Å². The molecule has 0 aliphatic heterocycles. The molecule has 2 nitrogen and oxygen atoms in total. The average Bonchev–Trinajstić information content (AvgIpc) is 3.34. The first kappa shape index (κ1) is 20.3. The van der Waals surface area contributed by atoms with Crippen LogP contribution >= 0.6 is 0 Å². The number of rotatable bonds is 4. The maximum Gasteiger partial charge on any atom is 0.153 e. The predicted molar refractivity (Wildman–Crippen MR) is 118 cm³/mol. The number of pyridine rings is 1. The van der Waals surface area contributed by atoms with E-state index in [2.05, 4.69) is 0 Å². The summed E-state index contributed by atoms with van der Waals surface area (Å²) in [6, 6.07) is 15.4. The minimum atomic E-state index is -1.36. The topological polar surface area (TPSA) is 33.1 Å². The van der Waals surface area contributed by atoms with Gasteiger partial charge in [-0.25, -0.2) is 8.78 Å². The lowest BCUT2D eigenvalue weighted by Crippen LogP contribution is -2.19. The van der Waals surface area contributed by atoms with Crippen LogP contribution in [0.1, 0.15) is 84.8 Å². The fourth-order valence-electron chi connectivity index (χ4n) is 5.32. The zero-order valence-electron chi connectivity index (χ0n) is 17.5. The summed E-state index contributed by atoms with van der Waals surface area (Å²) in [6.45, 7) is 0. The van der Waals surface area contributed by atoms with Crippen molar-refractivity contribution in [2.45, 2.75) is 63.1 Å². The van der Waals surface area contributed by atoms with Gasteiger partial charge in [-0.3, -0.25) is 4.98 Å². The van der Waals surface area contributed by atoms with Gasteiger partial charge < -0.3 is 5.11 Å². The van der Waals surface area contributed by atoms with Gasteiger partial charge in [-0.15, -0.1) is 0 Å². The van der Waals surface area contributed by atoms with Crippen LogP contribution < -0.4 is 0 Å². The van der Waals surface area contributed by atoms with Crippen LogP contribution in [-0.2, 0) is 6.42 Å². The van der Waals surface area contributed by atoms with Crippen LogP contribution in [-0.4, -0.2) is 10.1 Å². The van der Waals surface area contributed by atoms with E-state index in [0.29, 0.717) is 17.5 Å². The number of fused-ring (bicyclic) bond motifs is 1. The minimum absolute atomic E-state index is 0.223. The van der Waals surface area contributed by atoms with Crippen LogP contribution in [0.25, 0.3) is 11.1 Å². The molecule has 1 saturated carbocycles. The van der Waals surface area contributed by atoms with Gasteiger partial charge in [-0.1, -0.05) is 55.3 Å². The molecule has 31 heavy (non-hydrogen) atoms. The summed E-state index contributed by atoms with van der Waals surface area (Å²) in [5, 5.41) is 11.0. The molecule has 2 atom stereocenters. The SMILES string of the molecule is OC1CCCc2nc(C3CCCC3)c(C(F)c3ccccc3)c(-c3ccc(F)cc3)c21. The molecular weight excluding hydrogens is 392 g/mol. The van der Waals surface area contributed by atoms with Crippen molar-refractivity contribution in [3.63, 3.8) is 0 Å². The van der Waals surface area contributed by atoms with Crippen LogP contribution in [0.15, 0.2) is 54.6 Å². The molecule has 2 aliphatic carbocycles. The Hall–Kier alpha value is -2.59. The molecule has 1 aromatic heterocycles. The largest absolute Gasteiger partial charge is 0.388 e.